The Hall–Kier alpha value is -1.06. The Morgan fingerprint density at radius 1 is 1.00 bits per heavy atom. The molecule has 17 heavy (non-hydrogen) atoms. The molecule has 0 aliphatic heterocycles. The average Bonchev–Trinajstić information content (AvgIpc) is 2.33. The van der Waals surface area contributed by atoms with E-state index in [1.807, 2.05) is 0 Å². The molecule has 4 nitrogen and oxygen atoms in total. The van der Waals surface area contributed by atoms with E-state index in [1.54, 1.807) is 0 Å². The summed E-state index contributed by atoms with van der Waals surface area (Å²) >= 11 is 0. The highest BCUT2D eigenvalue weighted by Gasteiger charge is 2.01. The van der Waals surface area contributed by atoms with Crippen molar-refractivity contribution in [2.45, 2.75) is 58.3 Å². The van der Waals surface area contributed by atoms with Crippen molar-refractivity contribution in [2.24, 2.45) is 0 Å². The number of rotatable bonds is 12. The smallest absolute Gasteiger partial charge is 0.417 e. The second kappa shape index (κ2) is 13.0. The minimum Gasteiger partial charge on any atom is -0.466 e. The highest BCUT2D eigenvalue weighted by molar-refractivity contribution is 5.69. The van der Waals surface area contributed by atoms with Gasteiger partial charge >= 0.3 is 12.4 Å². The molecule has 0 amide bonds. The molecule has 0 aromatic heterocycles. The van der Waals surface area contributed by atoms with Crippen LogP contribution in [0.1, 0.15) is 58.3 Å². The number of unbranched alkanes of at least 4 members (excludes halogenated alkanes) is 5. The monoisotopic (exact) mass is 243 g/mol. The van der Waals surface area contributed by atoms with Crippen LogP contribution >= 0.6 is 0 Å². The van der Waals surface area contributed by atoms with Gasteiger partial charge in [0.15, 0.2) is 0 Å². The zero-order valence-corrected chi connectivity index (χ0v) is 10.7. The molecule has 0 aliphatic carbocycles. The predicted molar refractivity (Wildman–Crippen MR) is 65.2 cm³/mol. The summed E-state index contributed by atoms with van der Waals surface area (Å²) < 4.78 is 9.53. The molecule has 0 unspecified atom stereocenters. The Kier molecular flexibility index (Phi) is 12.2. The lowest BCUT2D eigenvalue weighted by molar-refractivity contribution is -0.143. The van der Waals surface area contributed by atoms with Gasteiger partial charge in [0.25, 0.3) is 0 Å². The minimum absolute atomic E-state index is 0.0858. The van der Waals surface area contributed by atoms with Gasteiger partial charge in [-0.25, -0.2) is 4.79 Å². The molecule has 0 aromatic rings. The summed E-state index contributed by atoms with van der Waals surface area (Å²) in [5.41, 5.74) is 0. The van der Waals surface area contributed by atoms with Crippen LogP contribution in [0.5, 0.6) is 0 Å². The Morgan fingerprint density at radius 3 is 2.35 bits per heavy atom. The van der Waals surface area contributed by atoms with E-state index in [2.05, 4.69) is 11.7 Å². The summed E-state index contributed by atoms with van der Waals surface area (Å²) in [5.74, 6) is -0.0858. The fourth-order valence-electron chi connectivity index (χ4n) is 1.45. The molecule has 0 aromatic carbocycles. The normalized spacial score (nSPS) is 9.94. The molecule has 0 bridgehead atoms. The van der Waals surface area contributed by atoms with Crippen LogP contribution in [-0.2, 0) is 19.1 Å². The standard InChI is InChI=1S/C13H23O4/c1-2-3-6-9-13(15)17-11-8-5-4-7-10-16-12-14/h2-11H2,1H3. The Bertz CT molecular complexity index is 192. The molecule has 1 radical (unpaired) electrons. The van der Waals surface area contributed by atoms with Gasteiger partial charge in [0, 0.05) is 6.42 Å². The highest BCUT2D eigenvalue weighted by Crippen LogP contribution is 2.03. The molecule has 0 aliphatic rings. The molecular formula is C13H23O4. The minimum atomic E-state index is -0.0858. The molecular weight excluding hydrogens is 220 g/mol. The second-order valence-corrected chi connectivity index (χ2v) is 4.02. The maximum Gasteiger partial charge on any atom is 0.417 e. The van der Waals surface area contributed by atoms with Crippen LogP contribution in [-0.4, -0.2) is 25.7 Å². The van der Waals surface area contributed by atoms with Crippen LogP contribution in [0.2, 0.25) is 0 Å². The first-order valence-corrected chi connectivity index (χ1v) is 6.45. The molecule has 0 spiro atoms. The quantitative estimate of drug-likeness (QED) is 0.390. The fourth-order valence-corrected chi connectivity index (χ4v) is 1.45. The molecule has 0 saturated carbocycles. The van der Waals surface area contributed by atoms with Gasteiger partial charge in [-0.2, -0.15) is 0 Å². The Labute approximate surface area is 104 Å². The maximum absolute atomic E-state index is 11.2. The fraction of sp³-hybridized carbons (Fsp3) is 0.846. The highest BCUT2D eigenvalue weighted by atomic mass is 16.5. The lowest BCUT2D eigenvalue weighted by Crippen LogP contribution is -2.05. The van der Waals surface area contributed by atoms with Crippen molar-refractivity contribution < 1.29 is 19.1 Å². The van der Waals surface area contributed by atoms with Crippen LogP contribution in [0.4, 0.5) is 0 Å². The van der Waals surface area contributed by atoms with Crippen LogP contribution in [0.3, 0.4) is 0 Å². The van der Waals surface area contributed by atoms with E-state index in [9.17, 15) is 9.59 Å². The zero-order chi connectivity index (χ0) is 12.8. The average molecular weight is 243 g/mol. The Balaban J connectivity index is 3.11. The van der Waals surface area contributed by atoms with Crippen LogP contribution in [0.25, 0.3) is 0 Å². The van der Waals surface area contributed by atoms with Gasteiger partial charge in [0.1, 0.15) is 0 Å². The number of esters is 1. The first-order chi connectivity index (χ1) is 8.31. The van der Waals surface area contributed by atoms with Gasteiger partial charge in [0.05, 0.1) is 13.2 Å². The molecule has 0 N–H and O–H groups in total. The van der Waals surface area contributed by atoms with Crippen molar-refractivity contribution >= 4 is 12.4 Å². The van der Waals surface area contributed by atoms with Gasteiger partial charge < -0.3 is 9.47 Å². The number of hydrogen-bond acceptors (Lipinski definition) is 4. The molecule has 0 saturated heterocycles. The first-order valence-electron chi connectivity index (χ1n) is 6.45. The number of ether oxygens (including phenoxy) is 2. The molecule has 99 valence electrons. The number of hydrogen-bond donors (Lipinski definition) is 0. The first kappa shape index (κ1) is 15.9. The summed E-state index contributed by atoms with van der Waals surface area (Å²) in [6, 6.07) is 0. The van der Waals surface area contributed by atoms with Crippen LogP contribution in [0.15, 0.2) is 0 Å². The maximum atomic E-state index is 11.2. The van der Waals surface area contributed by atoms with E-state index in [4.69, 9.17) is 4.74 Å². The molecule has 4 heteroatoms. The summed E-state index contributed by atoms with van der Waals surface area (Å²) in [5, 5.41) is 0. The van der Waals surface area contributed by atoms with Crippen molar-refractivity contribution in [1.82, 2.24) is 0 Å². The van der Waals surface area contributed by atoms with E-state index in [-0.39, 0.29) is 5.97 Å². The Morgan fingerprint density at radius 2 is 1.71 bits per heavy atom. The summed E-state index contributed by atoms with van der Waals surface area (Å²) in [6.07, 6.45) is 7.37. The third-order valence-corrected chi connectivity index (χ3v) is 2.45. The zero-order valence-electron chi connectivity index (χ0n) is 10.7. The molecule has 0 fully saturated rings. The third kappa shape index (κ3) is 12.9. The van der Waals surface area contributed by atoms with Crippen molar-refractivity contribution in [3.05, 3.63) is 0 Å². The number of carbonyl (C=O) groups is 1. The van der Waals surface area contributed by atoms with E-state index in [0.717, 1.165) is 44.9 Å². The van der Waals surface area contributed by atoms with Crippen molar-refractivity contribution in [3.8, 4) is 0 Å². The predicted octanol–water partition coefficient (Wildman–Crippen LogP) is 2.75. The number of carbonyl (C=O) groups excluding carboxylic acids is 2. The van der Waals surface area contributed by atoms with E-state index >= 15 is 0 Å². The summed E-state index contributed by atoms with van der Waals surface area (Å²) in [7, 11) is 0. The van der Waals surface area contributed by atoms with Gasteiger partial charge in [-0.15, -0.1) is 0 Å². The van der Waals surface area contributed by atoms with Crippen LogP contribution in [0, 0.1) is 0 Å². The largest absolute Gasteiger partial charge is 0.466 e. The third-order valence-electron chi connectivity index (χ3n) is 2.45. The van der Waals surface area contributed by atoms with Crippen molar-refractivity contribution in [1.29, 1.82) is 0 Å². The van der Waals surface area contributed by atoms with Crippen LogP contribution < -0.4 is 0 Å². The van der Waals surface area contributed by atoms with Crippen molar-refractivity contribution in [2.75, 3.05) is 13.2 Å². The van der Waals surface area contributed by atoms with E-state index in [0.29, 0.717) is 19.6 Å². The summed E-state index contributed by atoms with van der Waals surface area (Å²) in [4.78, 5) is 20.9. The van der Waals surface area contributed by atoms with Gasteiger partial charge in [-0.3, -0.25) is 4.79 Å². The van der Waals surface area contributed by atoms with Gasteiger partial charge in [0.2, 0.25) is 0 Å². The molecule has 0 heterocycles. The van der Waals surface area contributed by atoms with Gasteiger partial charge in [-0.1, -0.05) is 19.8 Å². The molecule has 0 rings (SSSR count). The topological polar surface area (TPSA) is 52.6 Å². The van der Waals surface area contributed by atoms with E-state index < -0.39 is 0 Å². The molecule has 0 atom stereocenters. The second-order valence-electron chi connectivity index (χ2n) is 4.02. The van der Waals surface area contributed by atoms with Gasteiger partial charge in [-0.05, 0) is 32.1 Å². The summed E-state index contributed by atoms with van der Waals surface area (Å²) in [6.45, 7) is 4.43. The van der Waals surface area contributed by atoms with E-state index in [1.165, 1.54) is 6.47 Å². The lowest BCUT2D eigenvalue weighted by atomic mass is 10.2. The SMILES string of the molecule is CCCCCC(=O)OCCCCCCO[C]=O. The van der Waals surface area contributed by atoms with Crippen molar-refractivity contribution in [3.63, 3.8) is 0 Å². The lowest BCUT2D eigenvalue weighted by Gasteiger charge is -2.04.